The molecule has 0 bridgehead atoms. The van der Waals surface area contributed by atoms with E-state index in [0.29, 0.717) is 5.56 Å². The number of carbonyl (C=O) groups excluding carboxylic acids is 3. The van der Waals surface area contributed by atoms with E-state index < -0.39 is 17.9 Å². The number of nitrogens with zero attached hydrogens (tertiary/aromatic N) is 1. The Kier molecular flexibility index (Phi) is 6.67. The highest BCUT2D eigenvalue weighted by Gasteiger charge is 2.17. The van der Waals surface area contributed by atoms with Crippen LogP contribution in [0.1, 0.15) is 50.5 Å². The van der Waals surface area contributed by atoms with E-state index in [9.17, 15) is 14.4 Å². The summed E-state index contributed by atoms with van der Waals surface area (Å²) < 4.78 is 15.1. The molecule has 0 fully saturated rings. The van der Waals surface area contributed by atoms with Crippen LogP contribution >= 0.6 is 0 Å². The lowest BCUT2D eigenvalue weighted by atomic mass is 10.1. The Bertz CT molecular complexity index is 859. The topological polar surface area (TPSA) is 103 Å². The maximum Gasteiger partial charge on any atom is 0.343 e. The highest BCUT2D eigenvalue weighted by Crippen LogP contribution is 2.21. The number of ether oxygens (including phenoxy) is 3. The van der Waals surface area contributed by atoms with Gasteiger partial charge in [0.05, 0.1) is 41.5 Å². The van der Waals surface area contributed by atoms with Crippen molar-refractivity contribution in [3.63, 3.8) is 0 Å². The molecule has 0 atom stereocenters. The summed E-state index contributed by atoms with van der Waals surface area (Å²) in [7, 11) is 0. The van der Waals surface area contributed by atoms with Crippen molar-refractivity contribution in [1.82, 2.24) is 0 Å². The lowest BCUT2D eigenvalue weighted by Crippen LogP contribution is -2.12. The molecule has 0 saturated carbocycles. The molecular weight excluding hydrogens is 350 g/mol. The van der Waals surface area contributed by atoms with E-state index in [2.05, 4.69) is 0 Å². The molecule has 0 saturated heterocycles. The molecule has 27 heavy (non-hydrogen) atoms. The number of carbonyl (C=O) groups is 3. The zero-order valence-corrected chi connectivity index (χ0v) is 14.9. The van der Waals surface area contributed by atoms with E-state index in [1.165, 1.54) is 42.5 Å². The summed E-state index contributed by atoms with van der Waals surface area (Å²) in [6, 6.07) is 11.7. The first-order valence-corrected chi connectivity index (χ1v) is 8.20. The minimum absolute atomic E-state index is 0.00188. The molecule has 2 rings (SSSR count). The minimum Gasteiger partial charge on any atom is -0.462 e. The molecule has 2 aromatic carbocycles. The highest BCUT2D eigenvalue weighted by atomic mass is 16.5. The van der Waals surface area contributed by atoms with Gasteiger partial charge in [0, 0.05) is 0 Å². The summed E-state index contributed by atoms with van der Waals surface area (Å²) in [5.74, 6) is -2.01. The van der Waals surface area contributed by atoms with Gasteiger partial charge in [-0.2, -0.15) is 5.26 Å². The van der Waals surface area contributed by atoms with E-state index in [0.717, 1.165) is 0 Å². The summed E-state index contributed by atoms with van der Waals surface area (Å²) in [5, 5.41) is 8.80. The van der Waals surface area contributed by atoms with Crippen molar-refractivity contribution in [2.45, 2.75) is 13.8 Å². The van der Waals surface area contributed by atoms with Gasteiger partial charge in [0.15, 0.2) is 0 Å². The van der Waals surface area contributed by atoms with Crippen LogP contribution in [0.5, 0.6) is 5.75 Å². The van der Waals surface area contributed by atoms with Crippen molar-refractivity contribution < 1.29 is 28.6 Å². The van der Waals surface area contributed by atoms with Crippen LogP contribution in [0.3, 0.4) is 0 Å². The summed E-state index contributed by atoms with van der Waals surface area (Å²) >= 11 is 0. The van der Waals surface area contributed by atoms with Crippen LogP contribution in [0.15, 0.2) is 42.5 Å². The van der Waals surface area contributed by atoms with Gasteiger partial charge in [0.1, 0.15) is 5.75 Å². The minimum atomic E-state index is -0.699. The van der Waals surface area contributed by atoms with Crippen LogP contribution in [0.4, 0.5) is 0 Å². The third-order valence-corrected chi connectivity index (χ3v) is 3.39. The van der Waals surface area contributed by atoms with E-state index in [1.54, 1.807) is 13.8 Å². The molecule has 7 heteroatoms. The van der Waals surface area contributed by atoms with Crippen LogP contribution in [0, 0.1) is 11.3 Å². The summed E-state index contributed by atoms with van der Waals surface area (Å²) in [6.07, 6.45) is 0. The van der Waals surface area contributed by atoms with Crippen molar-refractivity contribution in [3.05, 3.63) is 64.7 Å². The molecule has 7 nitrogen and oxygen atoms in total. The van der Waals surface area contributed by atoms with Gasteiger partial charge in [-0.05, 0) is 56.3 Å². The van der Waals surface area contributed by atoms with E-state index in [1.807, 2.05) is 6.07 Å². The summed E-state index contributed by atoms with van der Waals surface area (Å²) in [5.41, 5.74) is 0.740. The fourth-order valence-electron chi connectivity index (χ4n) is 2.17. The van der Waals surface area contributed by atoms with Crippen molar-refractivity contribution in [2.75, 3.05) is 13.2 Å². The number of hydrogen-bond donors (Lipinski definition) is 0. The number of benzene rings is 2. The number of hydrogen-bond acceptors (Lipinski definition) is 7. The largest absolute Gasteiger partial charge is 0.462 e. The Morgan fingerprint density at radius 1 is 0.815 bits per heavy atom. The van der Waals surface area contributed by atoms with E-state index in [-0.39, 0.29) is 35.7 Å². The average molecular weight is 367 g/mol. The number of nitriles is 1. The quantitative estimate of drug-likeness (QED) is 0.571. The zero-order chi connectivity index (χ0) is 19.8. The number of rotatable bonds is 6. The van der Waals surface area contributed by atoms with Crippen molar-refractivity contribution in [1.29, 1.82) is 5.26 Å². The third-order valence-electron chi connectivity index (χ3n) is 3.39. The van der Waals surface area contributed by atoms with Crippen molar-refractivity contribution in [3.8, 4) is 11.8 Å². The highest BCUT2D eigenvalue weighted by molar-refractivity contribution is 5.97. The van der Waals surface area contributed by atoms with E-state index >= 15 is 0 Å². The zero-order valence-electron chi connectivity index (χ0n) is 14.9. The molecule has 0 amide bonds. The predicted molar refractivity (Wildman–Crippen MR) is 94.5 cm³/mol. The van der Waals surface area contributed by atoms with Gasteiger partial charge < -0.3 is 14.2 Å². The molecule has 2 aromatic rings. The molecule has 0 spiro atoms. The molecular formula is C20H17NO6. The van der Waals surface area contributed by atoms with Gasteiger partial charge in [-0.1, -0.05) is 0 Å². The van der Waals surface area contributed by atoms with Crippen LogP contribution in [0.25, 0.3) is 0 Å². The maximum absolute atomic E-state index is 12.3. The monoisotopic (exact) mass is 367 g/mol. The molecule has 0 aliphatic heterocycles. The Hall–Kier alpha value is -3.66. The van der Waals surface area contributed by atoms with Gasteiger partial charge in [-0.3, -0.25) is 0 Å². The maximum atomic E-state index is 12.3. The molecule has 0 aliphatic rings. The smallest absolute Gasteiger partial charge is 0.343 e. The lowest BCUT2D eigenvalue weighted by molar-refractivity contribution is 0.0521. The van der Waals surface area contributed by atoms with Crippen LogP contribution in [0.2, 0.25) is 0 Å². The second-order valence-corrected chi connectivity index (χ2v) is 5.27. The Labute approximate surface area is 156 Å². The fourth-order valence-corrected chi connectivity index (χ4v) is 2.17. The normalized spacial score (nSPS) is 9.81. The van der Waals surface area contributed by atoms with Crippen LogP contribution < -0.4 is 4.74 Å². The first kappa shape index (κ1) is 19.7. The standard InChI is InChI=1S/C20H17NO6/c1-3-25-18(22)15-9-16(19(23)26-4-2)11-17(10-15)27-20(24)14-7-5-13(12-21)6-8-14/h5-11H,3-4H2,1-2H3. The first-order chi connectivity index (χ1) is 13.0. The SMILES string of the molecule is CCOC(=O)c1cc(OC(=O)c2ccc(C#N)cc2)cc(C(=O)OCC)c1. The molecule has 138 valence electrons. The first-order valence-electron chi connectivity index (χ1n) is 8.20. The predicted octanol–water partition coefficient (Wildman–Crippen LogP) is 3.13. The van der Waals surface area contributed by atoms with Crippen LogP contribution in [-0.4, -0.2) is 31.1 Å². The second-order valence-electron chi connectivity index (χ2n) is 5.27. The summed E-state index contributed by atoms with van der Waals surface area (Å²) in [6.45, 7) is 3.61. The number of esters is 3. The second kappa shape index (κ2) is 9.15. The molecule has 0 aliphatic carbocycles. The molecule has 0 unspecified atom stereocenters. The molecule has 0 aromatic heterocycles. The Morgan fingerprint density at radius 2 is 1.33 bits per heavy atom. The Morgan fingerprint density at radius 3 is 1.78 bits per heavy atom. The summed E-state index contributed by atoms with van der Waals surface area (Å²) in [4.78, 5) is 36.3. The average Bonchev–Trinajstić information content (AvgIpc) is 2.68. The molecule has 0 N–H and O–H groups in total. The van der Waals surface area contributed by atoms with Gasteiger partial charge in [-0.25, -0.2) is 14.4 Å². The van der Waals surface area contributed by atoms with Gasteiger partial charge >= 0.3 is 17.9 Å². The molecule has 0 radical (unpaired) electrons. The fraction of sp³-hybridized carbons (Fsp3) is 0.200. The van der Waals surface area contributed by atoms with Gasteiger partial charge in [-0.15, -0.1) is 0 Å². The third kappa shape index (κ3) is 5.16. The van der Waals surface area contributed by atoms with E-state index in [4.69, 9.17) is 19.5 Å². The van der Waals surface area contributed by atoms with Gasteiger partial charge in [0.2, 0.25) is 0 Å². The van der Waals surface area contributed by atoms with Gasteiger partial charge in [0.25, 0.3) is 0 Å². The Balaban J connectivity index is 2.32. The van der Waals surface area contributed by atoms with Crippen molar-refractivity contribution >= 4 is 17.9 Å². The molecule has 0 heterocycles. The van der Waals surface area contributed by atoms with Crippen molar-refractivity contribution in [2.24, 2.45) is 0 Å². The lowest BCUT2D eigenvalue weighted by Gasteiger charge is -2.10. The van der Waals surface area contributed by atoms with Crippen LogP contribution in [-0.2, 0) is 9.47 Å².